The van der Waals surface area contributed by atoms with Gasteiger partial charge in [0.1, 0.15) is 18.2 Å². The number of benzene rings is 3. The summed E-state index contributed by atoms with van der Waals surface area (Å²) in [7, 11) is 0. The molecule has 0 N–H and O–H groups in total. The van der Waals surface area contributed by atoms with Crippen LogP contribution in [0.4, 0.5) is 9.18 Å². The summed E-state index contributed by atoms with van der Waals surface area (Å²) in [5, 5.41) is -0.341. The van der Waals surface area contributed by atoms with Gasteiger partial charge >= 0.3 is 0 Å². The fourth-order valence-electron chi connectivity index (χ4n) is 3.00. The van der Waals surface area contributed by atoms with E-state index in [1.165, 1.54) is 17.0 Å². The molecule has 2 amide bonds. The van der Waals surface area contributed by atoms with Gasteiger partial charge in [-0.25, -0.2) is 4.39 Å². The summed E-state index contributed by atoms with van der Waals surface area (Å²) in [4.78, 5) is 26.5. The smallest absolute Gasteiger partial charge is 0.293 e. The molecule has 0 aliphatic carbocycles. The molecule has 0 unspecified atom stereocenters. The van der Waals surface area contributed by atoms with E-state index < -0.39 is 0 Å². The van der Waals surface area contributed by atoms with Crippen LogP contribution in [-0.2, 0) is 17.9 Å². The molecule has 4 nitrogen and oxygen atoms in total. The molecule has 1 saturated heterocycles. The summed E-state index contributed by atoms with van der Waals surface area (Å²) < 4.78 is 18.9. The van der Waals surface area contributed by atoms with E-state index in [0.29, 0.717) is 22.8 Å². The topological polar surface area (TPSA) is 46.6 Å². The maximum Gasteiger partial charge on any atom is 0.293 e. The highest BCUT2D eigenvalue weighted by Gasteiger charge is 2.34. The van der Waals surface area contributed by atoms with Crippen LogP contribution < -0.4 is 4.74 Å². The molecule has 30 heavy (non-hydrogen) atoms. The number of halogens is 1. The summed E-state index contributed by atoms with van der Waals surface area (Å²) in [5.41, 5.74) is 2.52. The fourth-order valence-corrected chi connectivity index (χ4v) is 3.83. The Bertz CT molecular complexity index is 1100. The minimum absolute atomic E-state index is 0.114. The van der Waals surface area contributed by atoms with Crippen LogP contribution in [0.15, 0.2) is 83.8 Å². The van der Waals surface area contributed by atoms with Gasteiger partial charge in [-0.15, -0.1) is 0 Å². The Hall–Kier alpha value is -3.38. The van der Waals surface area contributed by atoms with Gasteiger partial charge in [0.05, 0.1) is 11.4 Å². The zero-order chi connectivity index (χ0) is 20.9. The number of hydrogen-bond donors (Lipinski definition) is 0. The number of carbonyl (C=O) groups excluding carboxylic acids is 2. The Morgan fingerprint density at radius 2 is 1.67 bits per heavy atom. The summed E-state index contributed by atoms with van der Waals surface area (Å²) in [6.07, 6.45) is 1.69. The number of amides is 2. The molecule has 0 aromatic heterocycles. The van der Waals surface area contributed by atoms with Crippen LogP contribution in [0.5, 0.6) is 5.75 Å². The fraction of sp³-hybridized carbons (Fsp3) is 0.0833. The molecular formula is C24H18FNO3S. The largest absolute Gasteiger partial charge is 0.489 e. The molecule has 150 valence electrons. The van der Waals surface area contributed by atoms with Gasteiger partial charge in [-0.1, -0.05) is 54.6 Å². The van der Waals surface area contributed by atoms with Crippen LogP contribution in [-0.4, -0.2) is 16.0 Å². The maximum atomic E-state index is 13.1. The standard InChI is InChI=1S/C24H18FNO3S/c25-20-11-9-17(10-12-20)15-26-23(27)22(30-24(26)28)14-19-7-4-8-21(13-19)29-16-18-5-2-1-3-6-18/h1-14H,15-16H2/b22-14+. The minimum atomic E-state index is -0.359. The molecule has 1 aliphatic rings. The average Bonchev–Trinajstić information content (AvgIpc) is 3.02. The number of hydrogen-bond acceptors (Lipinski definition) is 4. The zero-order valence-electron chi connectivity index (χ0n) is 16.0. The second kappa shape index (κ2) is 8.97. The number of rotatable bonds is 6. The highest BCUT2D eigenvalue weighted by molar-refractivity contribution is 8.18. The van der Waals surface area contributed by atoms with E-state index in [-0.39, 0.29) is 23.5 Å². The summed E-state index contributed by atoms with van der Waals surface area (Å²) in [6.45, 7) is 0.557. The molecule has 0 spiro atoms. The monoisotopic (exact) mass is 419 g/mol. The summed E-state index contributed by atoms with van der Waals surface area (Å²) >= 11 is 0.899. The highest BCUT2D eigenvalue weighted by Crippen LogP contribution is 2.33. The Morgan fingerprint density at radius 1 is 0.900 bits per heavy atom. The molecule has 1 fully saturated rings. The zero-order valence-corrected chi connectivity index (χ0v) is 16.8. The second-order valence-electron chi connectivity index (χ2n) is 6.74. The van der Waals surface area contributed by atoms with Gasteiger partial charge in [0.2, 0.25) is 0 Å². The van der Waals surface area contributed by atoms with Crippen molar-refractivity contribution in [3.63, 3.8) is 0 Å². The molecule has 0 bridgehead atoms. The Kier molecular flexibility index (Phi) is 5.95. The first kappa shape index (κ1) is 19.9. The van der Waals surface area contributed by atoms with Gasteiger partial charge in [-0.2, -0.15) is 0 Å². The van der Waals surface area contributed by atoms with E-state index in [0.717, 1.165) is 22.9 Å². The third-order valence-electron chi connectivity index (χ3n) is 4.53. The van der Waals surface area contributed by atoms with Crippen molar-refractivity contribution in [3.8, 4) is 5.75 Å². The van der Waals surface area contributed by atoms with Crippen molar-refractivity contribution >= 4 is 29.0 Å². The molecule has 0 saturated carbocycles. The lowest BCUT2D eigenvalue weighted by atomic mass is 10.2. The van der Waals surface area contributed by atoms with Gasteiger partial charge in [-0.3, -0.25) is 14.5 Å². The average molecular weight is 419 g/mol. The Labute approximate surface area is 178 Å². The van der Waals surface area contributed by atoms with Crippen LogP contribution in [0, 0.1) is 5.82 Å². The molecule has 6 heteroatoms. The summed E-state index contributed by atoms with van der Waals surface area (Å²) in [6, 6.07) is 23.0. The molecule has 0 atom stereocenters. The van der Waals surface area contributed by atoms with Crippen LogP contribution in [0.2, 0.25) is 0 Å². The van der Waals surface area contributed by atoms with Gasteiger partial charge in [0.25, 0.3) is 11.1 Å². The lowest BCUT2D eigenvalue weighted by Gasteiger charge is -2.12. The maximum absolute atomic E-state index is 13.1. The van der Waals surface area contributed by atoms with Crippen molar-refractivity contribution in [1.82, 2.24) is 4.90 Å². The van der Waals surface area contributed by atoms with Crippen molar-refractivity contribution in [2.24, 2.45) is 0 Å². The van der Waals surface area contributed by atoms with Crippen molar-refractivity contribution < 1.29 is 18.7 Å². The number of nitrogens with zero attached hydrogens (tertiary/aromatic N) is 1. The molecule has 4 rings (SSSR count). The number of ether oxygens (including phenoxy) is 1. The predicted octanol–water partition coefficient (Wildman–Crippen LogP) is 5.64. The van der Waals surface area contributed by atoms with E-state index in [1.807, 2.05) is 54.6 Å². The van der Waals surface area contributed by atoms with Gasteiger partial charge < -0.3 is 4.74 Å². The van der Waals surface area contributed by atoms with Crippen LogP contribution in [0.25, 0.3) is 6.08 Å². The first-order valence-electron chi connectivity index (χ1n) is 9.35. The SMILES string of the molecule is O=C1S/C(=C/c2cccc(OCc3ccccc3)c2)C(=O)N1Cc1ccc(F)cc1. The van der Waals surface area contributed by atoms with Crippen molar-refractivity contribution in [3.05, 3.63) is 106 Å². The molecule has 3 aromatic carbocycles. The lowest BCUT2D eigenvalue weighted by Crippen LogP contribution is -2.27. The molecular weight excluding hydrogens is 401 g/mol. The van der Waals surface area contributed by atoms with Gasteiger partial charge in [0, 0.05) is 0 Å². The van der Waals surface area contributed by atoms with Crippen LogP contribution >= 0.6 is 11.8 Å². The first-order chi connectivity index (χ1) is 14.6. The van der Waals surface area contributed by atoms with Crippen molar-refractivity contribution in [1.29, 1.82) is 0 Å². The molecule has 0 radical (unpaired) electrons. The van der Waals surface area contributed by atoms with E-state index in [1.54, 1.807) is 18.2 Å². The van der Waals surface area contributed by atoms with Crippen LogP contribution in [0.1, 0.15) is 16.7 Å². The highest BCUT2D eigenvalue weighted by atomic mass is 32.2. The van der Waals surface area contributed by atoms with Crippen molar-refractivity contribution in [2.75, 3.05) is 0 Å². The third-order valence-corrected chi connectivity index (χ3v) is 5.44. The normalized spacial score (nSPS) is 15.1. The minimum Gasteiger partial charge on any atom is -0.489 e. The quantitative estimate of drug-likeness (QED) is 0.485. The Balaban J connectivity index is 1.46. The number of imide groups is 1. The Morgan fingerprint density at radius 3 is 2.43 bits per heavy atom. The van der Waals surface area contributed by atoms with Gasteiger partial charge in [0.15, 0.2) is 0 Å². The lowest BCUT2D eigenvalue weighted by molar-refractivity contribution is -0.123. The van der Waals surface area contributed by atoms with Crippen molar-refractivity contribution in [2.45, 2.75) is 13.2 Å². The number of thioether (sulfide) groups is 1. The van der Waals surface area contributed by atoms with Gasteiger partial charge in [-0.05, 0) is 58.8 Å². The number of carbonyl (C=O) groups is 2. The first-order valence-corrected chi connectivity index (χ1v) is 10.2. The molecule has 3 aromatic rings. The molecule has 1 heterocycles. The van der Waals surface area contributed by atoms with E-state index in [9.17, 15) is 14.0 Å². The third kappa shape index (κ3) is 4.78. The van der Waals surface area contributed by atoms with Crippen LogP contribution in [0.3, 0.4) is 0 Å². The van der Waals surface area contributed by atoms with E-state index in [4.69, 9.17) is 4.74 Å². The van der Waals surface area contributed by atoms with E-state index in [2.05, 4.69) is 0 Å². The predicted molar refractivity (Wildman–Crippen MR) is 115 cm³/mol. The van der Waals surface area contributed by atoms with E-state index >= 15 is 0 Å². The molecule has 1 aliphatic heterocycles. The second-order valence-corrected chi connectivity index (χ2v) is 7.73. The summed E-state index contributed by atoms with van der Waals surface area (Å²) in [5.74, 6) is -0.0368.